The number of aromatic amines is 1. The highest BCUT2D eigenvalue weighted by Crippen LogP contribution is 2.31. The Kier molecular flexibility index (Phi) is 4.33. The molecule has 0 radical (unpaired) electrons. The van der Waals surface area contributed by atoms with Gasteiger partial charge in [-0.2, -0.15) is 0 Å². The minimum atomic E-state index is -0.450. The third kappa shape index (κ3) is 2.76. The first-order valence-electron chi connectivity index (χ1n) is 7.62. The summed E-state index contributed by atoms with van der Waals surface area (Å²) >= 11 is 0. The third-order valence-electron chi connectivity index (χ3n) is 3.76. The molecule has 1 heterocycles. The summed E-state index contributed by atoms with van der Waals surface area (Å²) in [6, 6.07) is 14.6. The van der Waals surface area contributed by atoms with Crippen molar-refractivity contribution in [3.63, 3.8) is 0 Å². The number of ether oxygens (including phenoxy) is 2. The number of nitrogens with one attached hydrogen (secondary N) is 1. The van der Waals surface area contributed by atoms with Crippen molar-refractivity contribution in [3.8, 4) is 11.3 Å². The van der Waals surface area contributed by atoms with Crippen LogP contribution in [0.2, 0.25) is 0 Å². The van der Waals surface area contributed by atoms with E-state index < -0.39 is 11.9 Å². The number of rotatable bonds is 4. The van der Waals surface area contributed by atoms with Crippen LogP contribution in [-0.2, 0) is 9.47 Å². The minimum absolute atomic E-state index is 0.274. The summed E-state index contributed by atoms with van der Waals surface area (Å²) in [6.07, 6.45) is 0. The van der Waals surface area contributed by atoms with E-state index in [-0.39, 0.29) is 6.61 Å². The van der Waals surface area contributed by atoms with Gasteiger partial charge in [-0.1, -0.05) is 30.3 Å². The van der Waals surface area contributed by atoms with Gasteiger partial charge in [-0.15, -0.1) is 0 Å². The van der Waals surface area contributed by atoms with E-state index in [0.29, 0.717) is 22.2 Å². The molecule has 5 nitrogen and oxygen atoms in total. The molecule has 2 aromatic carbocycles. The number of methoxy groups -OCH3 is 1. The molecular formula is C19H17NO4. The largest absolute Gasteiger partial charge is 0.465 e. The molecule has 3 rings (SSSR count). The van der Waals surface area contributed by atoms with Crippen LogP contribution in [0.25, 0.3) is 22.2 Å². The van der Waals surface area contributed by atoms with Crippen molar-refractivity contribution < 1.29 is 19.1 Å². The number of esters is 2. The van der Waals surface area contributed by atoms with Crippen molar-refractivity contribution in [1.82, 2.24) is 4.98 Å². The Labute approximate surface area is 139 Å². The van der Waals surface area contributed by atoms with Crippen LogP contribution in [0, 0.1) is 0 Å². The number of carbonyl (C=O) groups is 2. The third-order valence-corrected chi connectivity index (χ3v) is 3.76. The van der Waals surface area contributed by atoms with Gasteiger partial charge in [0.25, 0.3) is 0 Å². The van der Waals surface area contributed by atoms with Gasteiger partial charge in [-0.25, -0.2) is 9.59 Å². The number of aromatic nitrogens is 1. The predicted octanol–water partition coefficient (Wildman–Crippen LogP) is 3.80. The average Bonchev–Trinajstić information content (AvgIpc) is 3.00. The molecule has 3 aromatic rings. The lowest BCUT2D eigenvalue weighted by Gasteiger charge is -2.05. The highest BCUT2D eigenvalue weighted by Gasteiger charge is 2.22. The molecule has 0 amide bonds. The molecule has 0 fully saturated rings. The zero-order chi connectivity index (χ0) is 17.1. The molecular weight excluding hydrogens is 306 g/mol. The van der Waals surface area contributed by atoms with Gasteiger partial charge in [0.15, 0.2) is 0 Å². The lowest BCUT2D eigenvalue weighted by molar-refractivity contribution is 0.0528. The molecule has 0 atom stereocenters. The predicted molar refractivity (Wildman–Crippen MR) is 91.0 cm³/mol. The second-order valence-corrected chi connectivity index (χ2v) is 5.21. The fraction of sp³-hybridized carbons (Fsp3) is 0.158. The molecule has 0 bridgehead atoms. The Morgan fingerprint density at radius 2 is 1.79 bits per heavy atom. The SMILES string of the molecule is CCOC(=O)c1c(-c2ccccc2)[nH]c2ccc(C(=O)OC)cc12. The molecule has 5 heteroatoms. The van der Waals surface area contributed by atoms with Gasteiger partial charge < -0.3 is 14.5 Å². The van der Waals surface area contributed by atoms with E-state index in [1.807, 2.05) is 30.3 Å². The second-order valence-electron chi connectivity index (χ2n) is 5.21. The van der Waals surface area contributed by atoms with E-state index in [4.69, 9.17) is 9.47 Å². The first kappa shape index (κ1) is 15.8. The standard InChI is InChI=1S/C19H17NO4/c1-3-24-19(22)16-14-11-13(18(21)23-2)9-10-15(14)20-17(16)12-7-5-4-6-8-12/h4-11,20H,3H2,1-2H3. The van der Waals surface area contributed by atoms with Crippen LogP contribution in [0.1, 0.15) is 27.6 Å². The van der Waals surface area contributed by atoms with Crippen LogP contribution in [-0.4, -0.2) is 30.6 Å². The molecule has 1 aromatic heterocycles. The van der Waals surface area contributed by atoms with Crippen LogP contribution in [0.3, 0.4) is 0 Å². The summed E-state index contributed by atoms with van der Waals surface area (Å²) in [5.41, 5.74) is 3.10. The molecule has 0 saturated heterocycles. The molecule has 1 N–H and O–H groups in total. The lowest BCUT2D eigenvalue weighted by atomic mass is 10.0. The highest BCUT2D eigenvalue weighted by molar-refractivity contribution is 6.11. The normalized spacial score (nSPS) is 10.6. The Balaban J connectivity index is 2.26. The van der Waals surface area contributed by atoms with E-state index in [2.05, 4.69) is 4.98 Å². The van der Waals surface area contributed by atoms with E-state index in [1.54, 1.807) is 25.1 Å². The van der Waals surface area contributed by atoms with E-state index >= 15 is 0 Å². The van der Waals surface area contributed by atoms with Crippen molar-refractivity contribution in [3.05, 3.63) is 59.7 Å². The lowest BCUT2D eigenvalue weighted by Crippen LogP contribution is -2.06. The van der Waals surface area contributed by atoms with Gasteiger partial charge in [-0.05, 0) is 30.7 Å². The van der Waals surface area contributed by atoms with Gasteiger partial charge in [0.05, 0.1) is 30.5 Å². The number of benzene rings is 2. The van der Waals surface area contributed by atoms with Crippen LogP contribution in [0.5, 0.6) is 0 Å². The minimum Gasteiger partial charge on any atom is -0.465 e. The summed E-state index contributed by atoms with van der Waals surface area (Å²) in [5, 5.41) is 0.634. The summed E-state index contributed by atoms with van der Waals surface area (Å²) in [6.45, 7) is 2.03. The highest BCUT2D eigenvalue weighted by atomic mass is 16.5. The summed E-state index contributed by atoms with van der Waals surface area (Å²) in [7, 11) is 1.32. The van der Waals surface area contributed by atoms with Crippen LogP contribution < -0.4 is 0 Å². The molecule has 0 unspecified atom stereocenters. The molecule has 0 saturated carbocycles. The molecule has 0 aliphatic heterocycles. The zero-order valence-electron chi connectivity index (χ0n) is 13.5. The Hall–Kier alpha value is -3.08. The average molecular weight is 323 g/mol. The van der Waals surface area contributed by atoms with Crippen LogP contribution >= 0.6 is 0 Å². The molecule has 24 heavy (non-hydrogen) atoms. The van der Waals surface area contributed by atoms with Crippen molar-refractivity contribution in [2.45, 2.75) is 6.92 Å². The maximum Gasteiger partial charge on any atom is 0.340 e. The van der Waals surface area contributed by atoms with Crippen molar-refractivity contribution >= 4 is 22.8 Å². The fourth-order valence-electron chi connectivity index (χ4n) is 2.67. The van der Waals surface area contributed by atoms with Gasteiger partial charge in [0, 0.05) is 10.9 Å². The first-order chi connectivity index (χ1) is 11.7. The van der Waals surface area contributed by atoms with Crippen LogP contribution in [0.15, 0.2) is 48.5 Å². The van der Waals surface area contributed by atoms with E-state index in [1.165, 1.54) is 7.11 Å². The second kappa shape index (κ2) is 6.58. The van der Waals surface area contributed by atoms with Gasteiger partial charge in [0.1, 0.15) is 0 Å². The zero-order valence-corrected chi connectivity index (χ0v) is 13.5. The van der Waals surface area contributed by atoms with Gasteiger partial charge >= 0.3 is 11.9 Å². The fourth-order valence-corrected chi connectivity index (χ4v) is 2.67. The summed E-state index contributed by atoms with van der Waals surface area (Å²) < 4.78 is 9.97. The maximum absolute atomic E-state index is 12.5. The Bertz CT molecular complexity index is 896. The summed E-state index contributed by atoms with van der Waals surface area (Å²) in [4.78, 5) is 27.5. The number of hydrogen-bond acceptors (Lipinski definition) is 4. The Morgan fingerprint density at radius 3 is 2.46 bits per heavy atom. The monoisotopic (exact) mass is 323 g/mol. The van der Waals surface area contributed by atoms with Crippen molar-refractivity contribution in [2.75, 3.05) is 13.7 Å². The topological polar surface area (TPSA) is 68.4 Å². The quantitative estimate of drug-likeness (QED) is 0.742. The maximum atomic E-state index is 12.5. The molecule has 0 aliphatic rings. The van der Waals surface area contributed by atoms with Crippen molar-refractivity contribution in [2.24, 2.45) is 0 Å². The van der Waals surface area contributed by atoms with Crippen molar-refractivity contribution in [1.29, 1.82) is 0 Å². The van der Waals surface area contributed by atoms with E-state index in [9.17, 15) is 9.59 Å². The van der Waals surface area contributed by atoms with Gasteiger partial charge in [0.2, 0.25) is 0 Å². The first-order valence-corrected chi connectivity index (χ1v) is 7.62. The number of H-pyrrole nitrogens is 1. The number of carbonyl (C=O) groups excluding carboxylic acids is 2. The molecule has 0 aliphatic carbocycles. The Morgan fingerprint density at radius 1 is 1.04 bits per heavy atom. The number of fused-ring (bicyclic) bond motifs is 1. The number of hydrogen-bond donors (Lipinski definition) is 1. The van der Waals surface area contributed by atoms with E-state index in [0.717, 1.165) is 11.1 Å². The summed E-state index contributed by atoms with van der Waals surface area (Å²) in [5.74, 6) is -0.876. The smallest absolute Gasteiger partial charge is 0.340 e. The molecule has 0 spiro atoms. The molecule has 122 valence electrons. The van der Waals surface area contributed by atoms with Crippen LogP contribution in [0.4, 0.5) is 0 Å². The van der Waals surface area contributed by atoms with Gasteiger partial charge in [-0.3, -0.25) is 0 Å².